The van der Waals surface area contributed by atoms with Crippen LogP contribution < -0.4 is 16.6 Å². The van der Waals surface area contributed by atoms with Gasteiger partial charge in [0, 0.05) is 5.69 Å². The molecule has 0 bridgehead atoms. The summed E-state index contributed by atoms with van der Waals surface area (Å²) in [7, 11) is 0. The Morgan fingerprint density at radius 3 is 2.27 bits per heavy atom. The van der Waals surface area contributed by atoms with Gasteiger partial charge in [0.2, 0.25) is 0 Å². The smallest absolute Gasteiger partial charge is 0.261 e. The zero-order valence-corrected chi connectivity index (χ0v) is 12.0. The van der Waals surface area contributed by atoms with Crippen LogP contribution in [0.4, 0.5) is 5.69 Å². The Balaban J connectivity index is 1.93. The van der Waals surface area contributed by atoms with Crippen molar-refractivity contribution in [2.24, 2.45) is 5.84 Å². The highest BCUT2D eigenvalue weighted by molar-refractivity contribution is 5.88. The molecular formula is C18H17N3O. The van der Waals surface area contributed by atoms with Gasteiger partial charge in [0.05, 0.1) is 0 Å². The number of hydrogen-bond acceptors (Lipinski definition) is 3. The van der Waals surface area contributed by atoms with Crippen LogP contribution in [0.25, 0.3) is 10.8 Å². The maximum absolute atomic E-state index is 12.1. The number of benzene rings is 3. The minimum atomic E-state index is -0.535. The van der Waals surface area contributed by atoms with Gasteiger partial charge in [0.25, 0.3) is 5.91 Å². The lowest BCUT2D eigenvalue weighted by Crippen LogP contribution is -2.37. The average molecular weight is 291 g/mol. The van der Waals surface area contributed by atoms with Crippen LogP contribution in [0, 0.1) is 0 Å². The Morgan fingerprint density at radius 2 is 1.55 bits per heavy atom. The molecule has 22 heavy (non-hydrogen) atoms. The van der Waals surface area contributed by atoms with Gasteiger partial charge < -0.3 is 5.32 Å². The number of fused-ring (bicyclic) bond motifs is 1. The number of carbonyl (C=O) groups excluding carboxylic acids is 1. The first-order valence-electron chi connectivity index (χ1n) is 7.08. The lowest BCUT2D eigenvalue weighted by Gasteiger charge is -2.19. The fourth-order valence-corrected chi connectivity index (χ4v) is 2.47. The van der Waals surface area contributed by atoms with Crippen LogP contribution in [-0.2, 0) is 4.79 Å². The SMILES string of the molecule is NNC(=O)[C@@H](Nc1ccc2ccccc2c1)c1ccccc1. The molecule has 4 nitrogen and oxygen atoms in total. The topological polar surface area (TPSA) is 67.1 Å². The van der Waals surface area contributed by atoms with Gasteiger partial charge in [-0.3, -0.25) is 10.2 Å². The Morgan fingerprint density at radius 1 is 0.864 bits per heavy atom. The molecule has 0 aliphatic rings. The lowest BCUT2D eigenvalue weighted by molar-refractivity contribution is -0.122. The van der Waals surface area contributed by atoms with Gasteiger partial charge in [-0.05, 0) is 28.5 Å². The van der Waals surface area contributed by atoms with Crippen LogP contribution in [0.3, 0.4) is 0 Å². The summed E-state index contributed by atoms with van der Waals surface area (Å²) < 4.78 is 0. The molecule has 3 rings (SSSR count). The van der Waals surface area contributed by atoms with E-state index >= 15 is 0 Å². The zero-order chi connectivity index (χ0) is 15.4. The second kappa shape index (κ2) is 6.28. The Hall–Kier alpha value is -2.85. The molecule has 0 aromatic heterocycles. The summed E-state index contributed by atoms with van der Waals surface area (Å²) in [6, 6.07) is 23.1. The Bertz CT molecular complexity index is 786. The number of nitrogens with two attached hydrogens (primary N) is 1. The van der Waals surface area contributed by atoms with E-state index < -0.39 is 6.04 Å². The van der Waals surface area contributed by atoms with Crippen LogP contribution in [0.5, 0.6) is 0 Å². The normalized spacial score (nSPS) is 11.9. The van der Waals surface area contributed by atoms with Crippen LogP contribution in [0.15, 0.2) is 72.8 Å². The van der Waals surface area contributed by atoms with Crippen molar-refractivity contribution in [3.05, 3.63) is 78.4 Å². The molecule has 1 atom stereocenters. The number of nitrogens with one attached hydrogen (secondary N) is 2. The molecule has 4 N–H and O–H groups in total. The highest BCUT2D eigenvalue weighted by Crippen LogP contribution is 2.23. The van der Waals surface area contributed by atoms with Gasteiger partial charge in [-0.15, -0.1) is 0 Å². The average Bonchev–Trinajstić information content (AvgIpc) is 2.59. The lowest BCUT2D eigenvalue weighted by atomic mass is 10.0. The van der Waals surface area contributed by atoms with E-state index in [4.69, 9.17) is 5.84 Å². The standard InChI is InChI=1S/C18H17N3O/c19-21-18(22)17(14-7-2-1-3-8-14)20-16-11-10-13-6-4-5-9-15(13)12-16/h1-12,17,20H,19H2,(H,21,22)/t17-/m0/s1. The molecule has 3 aromatic rings. The van der Waals surface area contributed by atoms with E-state index in [0.29, 0.717) is 0 Å². The molecule has 0 aliphatic carbocycles. The van der Waals surface area contributed by atoms with Crippen molar-refractivity contribution >= 4 is 22.4 Å². The summed E-state index contributed by atoms with van der Waals surface area (Å²) in [6.07, 6.45) is 0. The summed E-state index contributed by atoms with van der Waals surface area (Å²) in [6.45, 7) is 0. The van der Waals surface area contributed by atoms with Crippen molar-refractivity contribution in [2.75, 3.05) is 5.32 Å². The molecule has 0 fully saturated rings. The van der Waals surface area contributed by atoms with Gasteiger partial charge in [-0.1, -0.05) is 60.7 Å². The molecule has 0 spiro atoms. The first kappa shape index (κ1) is 14.1. The van der Waals surface area contributed by atoms with E-state index in [-0.39, 0.29) is 5.91 Å². The van der Waals surface area contributed by atoms with Gasteiger partial charge in [-0.25, -0.2) is 5.84 Å². The quantitative estimate of drug-likeness (QED) is 0.393. The minimum Gasteiger partial charge on any atom is -0.370 e. The molecule has 0 saturated carbocycles. The molecule has 0 aliphatic heterocycles. The van der Waals surface area contributed by atoms with Gasteiger partial charge in [0.15, 0.2) is 0 Å². The zero-order valence-electron chi connectivity index (χ0n) is 12.0. The second-order valence-corrected chi connectivity index (χ2v) is 5.06. The molecule has 0 radical (unpaired) electrons. The number of hydrazine groups is 1. The Kier molecular flexibility index (Phi) is 4.03. The number of carbonyl (C=O) groups is 1. The number of anilines is 1. The van der Waals surface area contributed by atoms with Crippen molar-refractivity contribution in [1.82, 2.24) is 5.43 Å². The van der Waals surface area contributed by atoms with Crippen LogP contribution in [-0.4, -0.2) is 5.91 Å². The van der Waals surface area contributed by atoms with Gasteiger partial charge in [0.1, 0.15) is 6.04 Å². The van der Waals surface area contributed by atoms with E-state index in [1.165, 1.54) is 0 Å². The monoisotopic (exact) mass is 291 g/mol. The Labute approximate surface area is 128 Å². The molecule has 0 unspecified atom stereocenters. The van der Waals surface area contributed by atoms with Crippen LogP contribution in [0.2, 0.25) is 0 Å². The molecule has 110 valence electrons. The summed E-state index contributed by atoms with van der Waals surface area (Å²) in [4.78, 5) is 12.1. The predicted molar refractivity (Wildman–Crippen MR) is 89.1 cm³/mol. The van der Waals surface area contributed by atoms with Gasteiger partial charge in [-0.2, -0.15) is 0 Å². The fraction of sp³-hybridized carbons (Fsp3) is 0.0556. The molecule has 1 amide bonds. The van der Waals surface area contributed by atoms with E-state index in [0.717, 1.165) is 22.0 Å². The number of rotatable bonds is 4. The molecule has 0 saturated heterocycles. The highest BCUT2D eigenvalue weighted by atomic mass is 16.2. The van der Waals surface area contributed by atoms with Crippen molar-refractivity contribution in [3.8, 4) is 0 Å². The summed E-state index contributed by atoms with van der Waals surface area (Å²) in [5.41, 5.74) is 3.95. The van der Waals surface area contributed by atoms with E-state index in [2.05, 4.69) is 16.8 Å². The van der Waals surface area contributed by atoms with Gasteiger partial charge >= 0.3 is 0 Å². The van der Waals surface area contributed by atoms with E-state index in [1.807, 2.05) is 66.7 Å². The summed E-state index contributed by atoms with van der Waals surface area (Å²) in [5.74, 6) is 5.04. The van der Waals surface area contributed by atoms with E-state index in [1.54, 1.807) is 0 Å². The molecule has 0 heterocycles. The maximum atomic E-state index is 12.1. The summed E-state index contributed by atoms with van der Waals surface area (Å²) >= 11 is 0. The minimum absolute atomic E-state index is 0.278. The third kappa shape index (κ3) is 2.92. The predicted octanol–water partition coefficient (Wildman–Crippen LogP) is 2.98. The van der Waals surface area contributed by atoms with Crippen molar-refractivity contribution in [2.45, 2.75) is 6.04 Å². The first-order valence-corrected chi connectivity index (χ1v) is 7.08. The largest absolute Gasteiger partial charge is 0.370 e. The number of hydrogen-bond donors (Lipinski definition) is 3. The van der Waals surface area contributed by atoms with Crippen molar-refractivity contribution in [3.63, 3.8) is 0 Å². The van der Waals surface area contributed by atoms with Crippen molar-refractivity contribution in [1.29, 1.82) is 0 Å². The second-order valence-electron chi connectivity index (χ2n) is 5.06. The third-order valence-electron chi connectivity index (χ3n) is 3.60. The first-order chi connectivity index (χ1) is 10.8. The third-order valence-corrected chi connectivity index (χ3v) is 3.60. The molecule has 3 aromatic carbocycles. The van der Waals surface area contributed by atoms with Crippen molar-refractivity contribution < 1.29 is 4.79 Å². The van der Waals surface area contributed by atoms with Crippen LogP contribution >= 0.6 is 0 Å². The summed E-state index contributed by atoms with van der Waals surface area (Å²) in [5, 5.41) is 5.52. The molecule has 4 heteroatoms. The number of amides is 1. The van der Waals surface area contributed by atoms with Crippen LogP contribution in [0.1, 0.15) is 11.6 Å². The maximum Gasteiger partial charge on any atom is 0.261 e. The molecular weight excluding hydrogens is 274 g/mol. The van der Waals surface area contributed by atoms with E-state index in [9.17, 15) is 4.79 Å². The fourth-order valence-electron chi connectivity index (χ4n) is 2.47. The highest BCUT2D eigenvalue weighted by Gasteiger charge is 2.19.